The molecule has 0 aliphatic heterocycles. The van der Waals surface area contributed by atoms with Gasteiger partial charge in [0.2, 0.25) is 0 Å². The summed E-state index contributed by atoms with van der Waals surface area (Å²) in [4.78, 5) is 0. The third kappa shape index (κ3) is 3.79. The molecule has 4 nitrogen and oxygen atoms in total. The van der Waals surface area contributed by atoms with Gasteiger partial charge in [-0.1, -0.05) is 20.8 Å². The number of ether oxygens (including phenoxy) is 2. The third-order valence-corrected chi connectivity index (χ3v) is 5.71. The maximum absolute atomic E-state index is 10.1. The summed E-state index contributed by atoms with van der Waals surface area (Å²) in [6.45, 7) is 12.0. The first-order valence-electron chi connectivity index (χ1n) is 8.47. The standard InChI is InChI=1S/C17H33NO3/c1-5-20-8-9-21-12-14(19)11-18-15-16(2,3)13-6-7-17(15,4)10-13/h13-15,18-19H,5-12H2,1-4H3. The lowest BCUT2D eigenvalue weighted by atomic mass is 9.68. The van der Waals surface area contributed by atoms with Crippen molar-refractivity contribution in [1.29, 1.82) is 0 Å². The fourth-order valence-corrected chi connectivity index (χ4v) is 4.61. The number of rotatable bonds is 9. The van der Waals surface area contributed by atoms with E-state index in [4.69, 9.17) is 9.47 Å². The molecule has 0 aromatic carbocycles. The number of hydrogen-bond donors (Lipinski definition) is 2. The summed E-state index contributed by atoms with van der Waals surface area (Å²) >= 11 is 0. The monoisotopic (exact) mass is 299 g/mol. The molecule has 21 heavy (non-hydrogen) atoms. The van der Waals surface area contributed by atoms with Crippen molar-refractivity contribution in [1.82, 2.24) is 5.32 Å². The number of hydrogen-bond acceptors (Lipinski definition) is 4. The van der Waals surface area contributed by atoms with Crippen molar-refractivity contribution in [2.75, 3.05) is 33.0 Å². The molecule has 2 N–H and O–H groups in total. The Morgan fingerprint density at radius 3 is 2.57 bits per heavy atom. The van der Waals surface area contributed by atoms with Gasteiger partial charge in [-0.2, -0.15) is 0 Å². The Hall–Kier alpha value is -0.160. The van der Waals surface area contributed by atoms with Crippen LogP contribution in [0.2, 0.25) is 0 Å². The van der Waals surface area contributed by atoms with Gasteiger partial charge in [0, 0.05) is 19.2 Å². The Labute approximate surface area is 129 Å². The Balaban J connectivity index is 1.70. The lowest BCUT2D eigenvalue weighted by molar-refractivity contribution is 0.00101. The predicted octanol–water partition coefficient (Wildman–Crippen LogP) is 2.20. The Morgan fingerprint density at radius 2 is 1.95 bits per heavy atom. The normalized spacial score (nSPS) is 35.3. The van der Waals surface area contributed by atoms with Gasteiger partial charge in [0.1, 0.15) is 0 Å². The van der Waals surface area contributed by atoms with Crippen LogP contribution in [0.5, 0.6) is 0 Å². The molecule has 2 aliphatic rings. The Bertz CT molecular complexity index is 329. The molecule has 4 unspecified atom stereocenters. The van der Waals surface area contributed by atoms with Crippen molar-refractivity contribution < 1.29 is 14.6 Å². The van der Waals surface area contributed by atoms with Crippen LogP contribution >= 0.6 is 0 Å². The second-order valence-corrected chi connectivity index (χ2v) is 7.68. The van der Waals surface area contributed by atoms with Crippen LogP contribution in [0.3, 0.4) is 0 Å². The molecule has 0 radical (unpaired) electrons. The first-order valence-corrected chi connectivity index (χ1v) is 8.47. The van der Waals surface area contributed by atoms with E-state index in [0.717, 1.165) is 5.92 Å². The van der Waals surface area contributed by atoms with Gasteiger partial charge in [-0.25, -0.2) is 0 Å². The third-order valence-electron chi connectivity index (χ3n) is 5.71. The molecule has 2 fully saturated rings. The largest absolute Gasteiger partial charge is 0.389 e. The smallest absolute Gasteiger partial charge is 0.0897 e. The van der Waals surface area contributed by atoms with E-state index in [2.05, 4.69) is 26.1 Å². The molecule has 0 spiro atoms. The molecule has 0 saturated heterocycles. The van der Waals surface area contributed by atoms with Crippen LogP contribution in [0.1, 0.15) is 47.0 Å². The van der Waals surface area contributed by atoms with Crippen LogP contribution in [0, 0.1) is 16.7 Å². The summed E-state index contributed by atoms with van der Waals surface area (Å²) in [6.07, 6.45) is 3.58. The SMILES string of the molecule is CCOCCOCC(O)CNC1C2(C)CCC(C2)C1(C)C. The molecule has 0 aromatic heterocycles. The maximum atomic E-state index is 10.1. The number of aliphatic hydroxyl groups is 1. The van der Waals surface area contributed by atoms with Gasteiger partial charge < -0.3 is 19.9 Å². The minimum atomic E-state index is -0.440. The van der Waals surface area contributed by atoms with E-state index in [1.165, 1.54) is 19.3 Å². The fraction of sp³-hybridized carbons (Fsp3) is 1.00. The van der Waals surface area contributed by atoms with E-state index >= 15 is 0 Å². The summed E-state index contributed by atoms with van der Waals surface area (Å²) in [7, 11) is 0. The molecule has 2 saturated carbocycles. The van der Waals surface area contributed by atoms with Crippen LogP contribution in [-0.2, 0) is 9.47 Å². The second-order valence-electron chi connectivity index (χ2n) is 7.68. The van der Waals surface area contributed by atoms with Gasteiger partial charge in [-0.05, 0) is 42.9 Å². The van der Waals surface area contributed by atoms with E-state index < -0.39 is 6.10 Å². The average molecular weight is 299 g/mol. The molecular weight excluding hydrogens is 266 g/mol. The van der Waals surface area contributed by atoms with Crippen LogP contribution in [0.4, 0.5) is 0 Å². The lowest BCUT2D eigenvalue weighted by Gasteiger charge is -2.43. The topological polar surface area (TPSA) is 50.7 Å². The highest BCUT2D eigenvalue weighted by Crippen LogP contribution is 2.62. The molecule has 0 aromatic rings. The first-order chi connectivity index (χ1) is 9.90. The highest BCUT2D eigenvalue weighted by Gasteiger charge is 2.58. The highest BCUT2D eigenvalue weighted by molar-refractivity contribution is 5.12. The average Bonchev–Trinajstić information content (AvgIpc) is 2.89. The van der Waals surface area contributed by atoms with Gasteiger partial charge in [-0.3, -0.25) is 0 Å². The molecule has 0 heterocycles. The van der Waals surface area contributed by atoms with E-state index in [-0.39, 0.29) is 0 Å². The molecule has 4 heteroatoms. The number of fused-ring (bicyclic) bond motifs is 2. The van der Waals surface area contributed by atoms with Crippen LogP contribution in [0.25, 0.3) is 0 Å². The van der Waals surface area contributed by atoms with Crippen molar-refractivity contribution >= 4 is 0 Å². The molecular formula is C17H33NO3. The van der Waals surface area contributed by atoms with Crippen LogP contribution < -0.4 is 5.32 Å². The summed E-state index contributed by atoms with van der Waals surface area (Å²) in [5.41, 5.74) is 0.742. The summed E-state index contributed by atoms with van der Waals surface area (Å²) in [6, 6.07) is 0.502. The zero-order chi connectivity index (χ0) is 15.5. The van der Waals surface area contributed by atoms with E-state index in [0.29, 0.717) is 49.8 Å². The van der Waals surface area contributed by atoms with Gasteiger partial charge >= 0.3 is 0 Å². The molecule has 4 atom stereocenters. The maximum Gasteiger partial charge on any atom is 0.0897 e. The van der Waals surface area contributed by atoms with Gasteiger partial charge in [0.15, 0.2) is 0 Å². The Kier molecular flexibility index (Phi) is 5.69. The van der Waals surface area contributed by atoms with Crippen molar-refractivity contribution in [2.45, 2.75) is 59.1 Å². The first kappa shape index (κ1) is 17.2. The fourth-order valence-electron chi connectivity index (χ4n) is 4.61. The van der Waals surface area contributed by atoms with E-state index in [1.54, 1.807) is 0 Å². The zero-order valence-electron chi connectivity index (χ0n) is 14.2. The van der Waals surface area contributed by atoms with Crippen molar-refractivity contribution in [3.8, 4) is 0 Å². The van der Waals surface area contributed by atoms with Crippen LogP contribution in [-0.4, -0.2) is 50.2 Å². The minimum absolute atomic E-state index is 0.336. The summed E-state index contributed by atoms with van der Waals surface area (Å²) in [5, 5.41) is 13.7. The molecule has 2 rings (SSSR count). The van der Waals surface area contributed by atoms with Crippen LogP contribution in [0.15, 0.2) is 0 Å². The number of nitrogens with one attached hydrogen (secondary N) is 1. The zero-order valence-corrected chi connectivity index (χ0v) is 14.2. The molecule has 0 amide bonds. The lowest BCUT2D eigenvalue weighted by Crippen LogP contribution is -2.52. The molecule has 2 bridgehead atoms. The summed E-state index contributed by atoms with van der Waals surface area (Å²) in [5.74, 6) is 0.833. The molecule has 124 valence electrons. The van der Waals surface area contributed by atoms with E-state index in [1.807, 2.05) is 6.92 Å². The second kappa shape index (κ2) is 6.95. The van der Waals surface area contributed by atoms with Crippen molar-refractivity contribution in [2.24, 2.45) is 16.7 Å². The van der Waals surface area contributed by atoms with Crippen molar-refractivity contribution in [3.05, 3.63) is 0 Å². The van der Waals surface area contributed by atoms with Gasteiger partial charge in [0.25, 0.3) is 0 Å². The molecule has 2 aliphatic carbocycles. The quantitative estimate of drug-likeness (QED) is 0.641. The highest BCUT2D eigenvalue weighted by atomic mass is 16.5. The van der Waals surface area contributed by atoms with Crippen molar-refractivity contribution in [3.63, 3.8) is 0 Å². The number of aliphatic hydroxyl groups excluding tert-OH is 1. The van der Waals surface area contributed by atoms with Gasteiger partial charge in [-0.15, -0.1) is 0 Å². The Morgan fingerprint density at radius 1 is 1.24 bits per heavy atom. The predicted molar refractivity (Wildman–Crippen MR) is 84.3 cm³/mol. The van der Waals surface area contributed by atoms with E-state index in [9.17, 15) is 5.11 Å². The minimum Gasteiger partial charge on any atom is -0.389 e. The summed E-state index contributed by atoms with van der Waals surface area (Å²) < 4.78 is 10.6. The van der Waals surface area contributed by atoms with Gasteiger partial charge in [0.05, 0.1) is 25.9 Å².